The zero-order valence-electron chi connectivity index (χ0n) is 15.3. The van der Waals surface area contributed by atoms with Gasteiger partial charge in [-0.25, -0.2) is 8.78 Å². The maximum atomic E-state index is 14.0. The molecule has 26 heavy (non-hydrogen) atoms. The number of ether oxygens (including phenoxy) is 1. The molecule has 6 heteroatoms. The first-order chi connectivity index (χ1) is 12.5. The topological polar surface area (TPSA) is 55.6 Å². The largest absolute Gasteiger partial charge is 0.376 e. The molecular weight excluding hydrogens is 338 g/mol. The van der Waals surface area contributed by atoms with Gasteiger partial charge in [-0.1, -0.05) is 0 Å². The van der Waals surface area contributed by atoms with Crippen LogP contribution in [0.25, 0.3) is 0 Å². The van der Waals surface area contributed by atoms with Crippen LogP contribution in [-0.4, -0.2) is 42.1 Å². The highest BCUT2D eigenvalue weighted by atomic mass is 19.1. The standard InChI is InChI=1S/C20H28F2N2O2/c1-13(25)24-10-2-3-19(23)20(24)12-26-16-7-4-14(5-8-16)17-11-15(21)6-9-18(17)22/h6,9,11,14,16,19-20H,2-5,7-8,10,12,23H2,1H3/t14-,16+,19?,20-/m0/s1. The van der Waals surface area contributed by atoms with Crippen molar-refractivity contribution in [3.8, 4) is 0 Å². The van der Waals surface area contributed by atoms with Crippen LogP contribution in [0.2, 0.25) is 0 Å². The van der Waals surface area contributed by atoms with Gasteiger partial charge in [-0.2, -0.15) is 0 Å². The molecule has 1 amide bonds. The normalized spacial score (nSPS) is 29.6. The van der Waals surface area contributed by atoms with E-state index in [4.69, 9.17) is 10.5 Å². The summed E-state index contributed by atoms with van der Waals surface area (Å²) in [7, 11) is 0. The van der Waals surface area contributed by atoms with Gasteiger partial charge in [-0.15, -0.1) is 0 Å². The van der Waals surface area contributed by atoms with Crippen LogP contribution in [0.15, 0.2) is 18.2 Å². The van der Waals surface area contributed by atoms with E-state index in [1.165, 1.54) is 12.1 Å². The summed E-state index contributed by atoms with van der Waals surface area (Å²) < 4.78 is 33.4. The first-order valence-electron chi connectivity index (χ1n) is 9.55. The van der Waals surface area contributed by atoms with Gasteiger partial charge in [0.25, 0.3) is 0 Å². The molecule has 2 N–H and O–H groups in total. The zero-order chi connectivity index (χ0) is 18.7. The van der Waals surface area contributed by atoms with Crippen molar-refractivity contribution < 1.29 is 18.3 Å². The van der Waals surface area contributed by atoms with Crippen LogP contribution in [-0.2, 0) is 9.53 Å². The minimum absolute atomic E-state index is 0.0382. The van der Waals surface area contributed by atoms with E-state index in [-0.39, 0.29) is 35.8 Å². The monoisotopic (exact) mass is 366 g/mol. The predicted octanol–water partition coefficient (Wildman–Crippen LogP) is 3.35. The molecule has 1 saturated heterocycles. The Morgan fingerprint density at radius 2 is 1.96 bits per heavy atom. The fourth-order valence-corrected chi connectivity index (χ4v) is 4.29. The van der Waals surface area contributed by atoms with Gasteiger partial charge in [-0.3, -0.25) is 4.79 Å². The van der Waals surface area contributed by atoms with Crippen molar-refractivity contribution >= 4 is 5.91 Å². The average Bonchev–Trinajstić information content (AvgIpc) is 2.63. The van der Waals surface area contributed by atoms with E-state index in [0.29, 0.717) is 12.2 Å². The number of nitrogens with two attached hydrogens (primary N) is 1. The van der Waals surface area contributed by atoms with E-state index in [9.17, 15) is 13.6 Å². The summed E-state index contributed by atoms with van der Waals surface area (Å²) in [6.07, 6.45) is 5.10. The van der Waals surface area contributed by atoms with E-state index in [1.54, 1.807) is 6.92 Å². The minimum Gasteiger partial charge on any atom is -0.376 e. The smallest absolute Gasteiger partial charge is 0.219 e. The van der Waals surface area contributed by atoms with Gasteiger partial charge in [0.05, 0.1) is 18.8 Å². The molecule has 0 spiro atoms. The van der Waals surface area contributed by atoms with Crippen LogP contribution in [0.4, 0.5) is 8.78 Å². The maximum absolute atomic E-state index is 14.0. The van der Waals surface area contributed by atoms with Crippen LogP contribution in [0, 0.1) is 11.6 Å². The van der Waals surface area contributed by atoms with E-state index in [2.05, 4.69) is 0 Å². The number of carbonyl (C=O) groups is 1. The van der Waals surface area contributed by atoms with Crippen molar-refractivity contribution in [3.63, 3.8) is 0 Å². The molecule has 144 valence electrons. The molecule has 2 aliphatic rings. The third-order valence-electron chi connectivity index (χ3n) is 5.81. The van der Waals surface area contributed by atoms with Gasteiger partial charge in [0, 0.05) is 19.5 Å². The Morgan fingerprint density at radius 1 is 1.23 bits per heavy atom. The third-order valence-corrected chi connectivity index (χ3v) is 5.81. The summed E-state index contributed by atoms with van der Waals surface area (Å²) >= 11 is 0. The van der Waals surface area contributed by atoms with Crippen molar-refractivity contribution in [3.05, 3.63) is 35.4 Å². The molecular formula is C20H28F2N2O2. The number of halogens is 2. The van der Waals surface area contributed by atoms with Crippen molar-refractivity contribution in [1.29, 1.82) is 0 Å². The van der Waals surface area contributed by atoms with Crippen molar-refractivity contribution in [1.82, 2.24) is 4.90 Å². The highest BCUT2D eigenvalue weighted by Gasteiger charge is 2.32. The molecule has 4 nitrogen and oxygen atoms in total. The van der Waals surface area contributed by atoms with E-state index in [1.807, 2.05) is 4.90 Å². The SMILES string of the molecule is CC(=O)N1CCCC(N)[C@@H]1CO[C@H]1CC[C@@H](c2cc(F)ccc2F)CC1. The third kappa shape index (κ3) is 4.41. The first kappa shape index (κ1) is 19.2. The highest BCUT2D eigenvalue weighted by Crippen LogP contribution is 2.35. The number of hydrogen-bond donors (Lipinski definition) is 1. The van der Waals surface area contributed by atoms with E-state index >= 15 is 0 Å². The Morgan fingerprint density at radius 3 is 2.65 bits per heavy atom. The van der Waals surface area contributed by atoms with Crippen molar-refractivity contribution in [2.75, 3.05) is 13.2 Å². The molecule has 1 saturated carbocycles. The van der Waals surface area contributed by atoms with Gasteiger partial charge < -0.3 is 15.4 Å². The summed E-state index contributed by atoms with van der Waals surface area (Å²) in [5.41, 5.74) is 6.67. The van der Waals surface area contributed by atoms with Crippen LogP contribution in [0.1, 0.15) is 56.9 Å². The lowest BCUT2D eigenvalue weighted by Crippen LogP contribution is -2.56. The summed E-state index contributed by atoms with van der Waals surface area (Å²) in [6, 6.07) is 3.55. The number of rotatable bonds is 4. The molecule has 1 aliphatic carbocycles. The molecule has 0 radical (unpaired) electrons. The Bertz CT molecular complexity index is 632. The average molecular weight is 366 g/mol. The maximum Gasteiger partial charge on any atom is 0.219 e. The van der Waals surface area contributed by atoms with Crippen LogP contribution >= 0.6 is 0 Å². The summed E-state index contributed by atoms with van der Waals surface area (Å²) in [5.74, 6) is -0.647. The summed E-state index contributed by atoms with van der Waals surface area (Å²) in [5, 5.41) is 0. The number of benzene rings is 1. The van der Waals surface area contributed by atoms with Crippen LogP contribution in [0.3, 0.4) is 0 Å². The second-order valence-corrected chi connectivity index (χ2v) is 7.56. The molecule has 2 fully saturated rings. The van der Waals surface area contributed by atoms with E-state index in [0.717, 1.165) is 51.1 Å². The first-order valence-corrected chi connectivity index (χ1v) is 9.55. The van der Waals surface area contributed by atoms with E-state index < -0.39 is 5.82 Å². The lowest BCUT2D eigenvalue weighted by Gasteiger charge is -2.40. The second-order valence-electron chi connectivity index (χ2n) is 7.56. The lowest BCUT2D eigenvalue weighted by atomic mass is 9.82. The molecule has 1 heterocycles. The minimum atomic E-state index is -0.393. The van der Waals surface area contributed by atoms with Gasteiger partial charge in [-0.05, 0) is 68.2 Å². The molecule has 1 aromatic rings. The Balaban J connectivity index is 1.52. The zero-order valence-corrected chi connectivity index (χ0v) is 15.3. The quantitative estimate of drug-likeness (QED) is 0.889. The molecule has 1 aromatic carbocycles. The molecule has 1 aliphatic heterocycles. The van der Waals surface area contributed by atoms with Crippen LogP contribution < -0.4 is 5.73 Å². The summed E-state index contributed by atoms with van der Waals surface area (Å²) in [4.78, 5) is 13.6. The number of nitrogens with zero attached hydrogens (tertiary/aromatic N) is 1. The lowest BCUT2D eigenvalue weighted by molar-refractivity contribution is -0.135. The molecule has 0 aromatic heterocycles. The Kier molecular flexibility index (Phi) is 6.24. The Labute approximate surface area is 153 Å². The van der Waals surface area contributed by atoms with Gasteiger partial charge in [0.15, 0.2) is 0 Å². The number of likely N-dealkylation sites (tertiary alicyclic amines) is 1. The molecule has 1 unspecified atom stereocenters. The Hall–Kier alpha value is -1.53. The molecule has 2 atom stereocenters. The fourth-order valence-electron chi connectivity index (χ4n) is 4.29. The highest BCUT2D eigenvalue weighted by molar-refractivity contribution is 5.73. The number of hydrogen-bond acceptors (Lipinski definition) is 3. The number of piperidine rings is 1. The van der Waals surface area contributed by atoms with Gasteiger partial charge >= 0.3 is 0 Å². The molecule has 3 rings (SSSR count). The second kappa shape index (κ2) is 8.44. The summed E-state index contributed by atoms with van der Waals surface area (Å²) in [6.45, 7) is 2.76. The number of carbonyl (C=O) groups excluding carboxylic acids is 1. The molecule has 0 bridgehead atoms. The van der Waals surface area contributed by atoms with Crippen molar-refractivity contribution in [2.24, 2.45) is 5.73 Å². The predicted molar refractivity (Wildman–Crippen MR) is 95.7 cm³/mol. The van der Waals surface area contributed by atoms with Gasteiger partial charge in [0.2, 0.25) is 5.91 Å². The number of amides is 1. The van der Waals surface area contributed by atoms with Gasteiger partial charge in [0.1, 0.15) is 11.6 Å². The van der Waals surface area contributed by atoms with Crippen LogP contribution in [0.5, 0.6) is 0 Å². The fraction of sp³-hybridized carbons (Fsp3) is 0.650. The van der Waals surface area contributed by atoms with Crippen molar-refractivity contribution in [2.45, 2.75) is 69.6 Å².